The van der Waals surface area contributed by atoms with Crippen molar-refractivity contribution >= 4 is 0 Å². The second-order valence-electron chi connectivity index (χ2n) is 7.58. The number of ether oxygens (including phenoxy) is 1. The minimum Gasteiger partial charge on any atom is -0.489 e. The maximum absolute atomic E-state index is 14.2. The fourth-order valence-electron chi connectivity index (χ4n) is 3.51. The molecule has 1 aromatic heterocycles. The highest BCUT2D eigenvalue weighted by molar-refractivity contribution is 5.67. The molecule has 4 rings (SSSR count). The SMILES string of the molecule is Cc1cc(-c2c(F)c(F)c(F)c(F)c2F)ccc1OCc1c(C)cccc1-n1nnn(C)c1=O. The summed E-state index contributed by atoms with van der Waals surface area (Å²) < 4.78 is 77.0. The Morgan fingerprint density at radius 3 is 2.09 bits per heavy atom. The first-order chi connectivity index (χ1) is 16.1. The number of tetrazole rings is 1. The summed E-state index contributed by atoms with van der Waals surface area (Å²) >= 11 is 0. The summed E-state index contributed by atoms with van der Waals surface area (Å²) in [5, 5.41) is 7.55. The molecular weight excluding hydrogens is 459 g/mol. The van der Waals surface area contributed by atoms with Crippen LogP contribution in [0.5, 0.6) is 5.75 Å². The first-order valence-corrected chi connectivity index (χ1v) is 9.95. The Hall–Kier alpha value is -4.02. The lowest BCUT2D eigenvalue weighted by Crippen LogP contribution is -2.23. The third-order valence-electron chi connectivity index (χ3n) is 5.38. The Bertz CT molecular complexity index is 1450. The van der Waals surface area contributed by atoms with E-state index in [1.807, 2.05) is 13.0 Å². The summed E-state index contributed by atoms with van der Waals surface area (Å²) in [7, 11) is 1.47. The fraction of sp³-hybridized carbons (Fsp3) is 0.174. The summed E-state index contributed by atoms with van der Waals surface area (Å²) in [6.45, 7) is 3.40. The van der Waals surface area contributed by atoms with Crippen molar-refractivity contribution < 1.29 is 26.7 Å². The molecule has 0 N–H and O–H groups in total. The van der Waals surface area contributed by atoms with E-state index < -0.39 is 40.3 Å². The molecule has 1 heterocycles. The molecule has 176 valence electrons. The largest absolute Gasteiger partial charge is 0.489 e. The molecule has 0 radical (unpaired) electrons. The third-order valence-corrected chi connectivity index (χ3v) is 5.38. The summed E-state index contributed by atoms with van der Waals surface area (Å²) in [6, 6.07) is 9.09. The lowest BCUT2D eigenvalue weighted by Gasteiger charge is -2.15. The second kappa shape index (κ2) is 8.73. The van der Waals surface area contributed by atoms with Gasteiger partial charge >= 0.3 is 5.69 Å². The van der Waals surface area contributed by atoms with E-state index in [9.17, 15) is 26.7 Å². The number of benzene rings is 3. The first kappa shape index (κ1) is 23.1. The van der Waals surface area contributed by atoms with E-state index in [-0.39, 0.29) is 12.2 Å². The smallest absolute Gasteiger partial charge is 0.368 e. The molecule has 4 aromatic rings. The molecule has 0 amide bonds. The van der Waals surface area contributed by atoms with E-state index in [2.05, 4.69) is 10.4 Å². The van der Waals surface area contributed by atoms with Gasteiger partial charge in [0.25, 0.3) is 0 Å². The van der Waals surface area contributed by atoms with Gasteiger partial charge in [-0.2, -0.15) is 9.36 Å². The zero-order valence-electron chi connectivity index (χ0n) is 18.2. The van der Waals surface area contributed by atoms with Crippen LogP contribution in [0.25, 0.3) is 16.8 Å². The summed E-state index contributed by atoms with van der Waals surface area (Å²) in [4.78, 5) is 12.3. The van der Waals surface area contributed by atoms with Gasteiger partial charge in [-0.1, -0.05) is 18.2 Å². The van der Waals surface area contributed by atoms with Crippen LogP contribution in [0.4, 0.5) is 22.0 Å². The Labute approximate surface area is 189 Å². The second-order valence-corrected chi connectivity index (χ2v) is 7.58. The quantitative estimate of drug-likeness (QED) is 0.241. The zero-order valence-corrected chi connectivity index (χ0v) is 18.2. The average Bonchev–Trinajstić information content (AvgIpc) is 3.14. The number of rotatable bonds is 5. The summed E-state index contributed by atoms with van der Waals surface area (Å²) in [5.41, 5.74) is 0.658. The van der Waals surface area contributed by atoms with Crippen LogP contribution in [0, 0.1) is 42.9 Å². The van der Waals surface area contributed by atoms with Gasteiger partial charge in [0.15, 0.2) is 23.3 Å². The normalized spacial score (nSPS) is 11.2. The highest BCUT2D eigenvalue weighted by atomic mass is 19.2. The first-order valence-electron chi connectivity index (χ1n) is 9.95. The lowest BCUT2D eigenvalue weighted by atomic mass is 10.0. The third kappa shape index (κ3) is 3.82. The van der Waals surface area contributed by atoms with Gasteiger partial charge in [0.1, 0.15) is 12.4 Å². The van der Waals surface area contributed by atoms with E-state index in [1.54, 1.807) is 19.1 Å². The van der Waals surface area contributed by atoms with Gasteiger partial charge in [0.05, 0.1) is 11.3 Å². The summed E-state index contributed by atoms with van der Waals surface area (Å²) in [5.74, 6) is -9.76. The molecule has 11 heteroatoms. The van der Waals surface area contributed by atoms with E-state index in [4.69, 9.17) is 4.74 Å². The van der Waals surface area contributed by atoms with Gasteiger partial charge in [-0.15, -0.1) is 0 Å². The van der Waals surface area contributed by atoms with Crippen molar-refractivity contribution in [2.75, 3.05) is 0 Å². The monoisotopic (exact) mass is 476 g/mol. The Morgan fingerprint density at radius 1 is 0.853 bits per heavy atom. The number of aryl methyl sites for hydroxylation is 3. The van der Waals surface area contributed by atoms with Gasteiger partial charge in [-0.3, -0.25) is 0 Å². The van der Waals surface area contributed by atoms with Crippen molar-refractivity contribution in [1.29, 1.82) is 0 Å². The van der Waals surface area contributed by atoms with Crippen LogP contribution < -0.4 is 10.4 Å². The standard InChI is InChI=1S/C23H17F5N4O2/c1-11-5-4-6-15(32-23(33)31(3)29-30-32)14(11)10-34-16-8-7-13(9-12(16)2)17-18(24)20(26)22(28)21(27)19(17)25/h4-9H,10H2,1-3H3. The van der Waals surface area contributed by atoms with Gasteiger partial charge in [-0.05, 0) is 59.2 Å². The van der Waals surface area contributed by atoms with Crippen LogP contribution in [0.1, 0.15) is 16.7 Å². The number of hydrogen-bond acceptors (Lipinski definition) is 4. The molecule has 0 aliphatic rings. The molecule has 0 fully saturated rings. The van der Waals surface area contributed by atoms with Crippen LogP contribution in [-0.4, -0.2) is 19.8 Å². The molecule has 3 aromatic carbocycles. The van der Waals surface area contributed by atoms with Crippen molar-refractivity contribution in [3.8, 4) is 22.6 Å². The minimum absolute atomic E-state index is 0.00767. The maximum Gasteiger partial charge on any atom is 0.368 e. The minimum atomic E-state index is -2.22. The molecule has 0 unspecified atom stereocenters. The fourth-order valence-corrected chi connectivity index (χ4v) is 3.51. The highest BCUT2D eigenvalue weighted by Gasteiger charge is 2.27. The zero-order chi connectivity index (χ0) is 24.7. The lowest BCUT2D eigenvalue weighted by molar-refractivity contribution is 0.302. The maximum atomic E-state index is 14.2. The Morgan fingerprint density at radius 2 is 1.50 bits per heavy atom. The Kier molecular flexibility index (Phi) is 5.94. The van der Waals surface area contributed by atoms with Crippen LogP contribution >= 0.6 is 0 Å². The molecular formula is C23H17F5N4O2. The molecule has 34 heavy (non-hydrogen) atoms. The van der Waals surface area contributed by atoms with Crippen molar-refractivity contribution in [3.05, 3.63) is 92.7 Å². The molecule has 0 saturated heterocycles. The molecule has 0 aliphatic heterocycles. The van der Waals surface area contributed by atoms with Crippen molar-refractivity contribution in [3.63, 3.8) is 0 Å². The van der Waals surface area contributed by atoms with E-state index >= 15 is 0 Å². The van der Waals surface area contributed by atoms with E-state index in [1.165, 1.54) is 25.2 Å². The molecule has 0 aliphatic carbocycles. The number of aromatic nitrogens is 4. The molecule has 0 saturated carbocycles. The molecule has 6 nitrogen and oxygen atoms in total. The number of halogens is 5. The predicted molar refractivity (Wildman–Crippen MR) is 112 cm³/mol. The van der Waals surface area contributed by atoms with Gasteiger partial charge in [-0.25, -0.2) is 26.7 Å². The van der Waals surface area contributed by atoms with Crippen LogP contribution in [0.15, 0.2) is 41.2 Å². The van der Waals surface area contributed by atoms with E-state index in [0.29, 0.717) is 22.6 Å². The Balaban J connectivity index is 1.67. The number of nitrogens with zero attached hydrogens (tertiary/aromatic N) is 4. The molecule has 0 atom stereocenters. The van der Waals surface area contributed by atoms with E-state index in [0.717, 1.165) is 14.9 Å². The summed E-state index contributed by atoms with van der Waals surface area (Å²) in [6.07, 6.45) is 0. The van der Waals surface area contributed by atoms with Crippen LogP contribution in [0.3, 0.4) is 0 Å². The van der Waals surface area contributed by atoms with Crippen molar-refractivity contribution in [2.24, 2.45) is 7.05 Å². The molecule has 0 bridgehead atoms. The van der Waals surface area contributed by atoms with Gasteiger partial charge in [0.2, 0.25) is 5.82 Å². The highest BCUT2D eigenvalue weighted by Crippen LogP contribution is 2.34. The average molecular weight is 476 g/mol. The van der Waals surface area contributed by atoms with Gasteiger partial charge < -0.3 is 4.74 Å². The van der Waals surface area contributed by atoms with Crippen LogP contribution in [-0.2, 0) is 13.7 Å². The van der Waals surface area contributed by atoms with Crippen molar-refractivity contribution in [2.45, 2.75) is 20.5 Å². The topological polar surface area (TPSA) is 61.9 Å². The van der Waals surface area contributed by atoms with Crippen molar-refractivity contribution in [1.82, 2.24) is 19.8 Å². The number of hydrogen-bond donors (Lipinski definition) is 0. The predicted octanol–water partition coefficient (Wildman–Crippen LogP) is 4.52. The van der Waals surface area contributed by atoms with Crippen LogP contribution in [0.2, 0.25) is 0 Å². The molecule has 0 spiro atoms. The van der Waals surface area contributed by atoms with Gasteiger partial charge in [0, 0.05) is 12.6 Å².